The number of carbonyl (C=O) groups is 1. The number of benzene rings is 1. The van der Waals surface area contributed by atoms with Crippen LogP contribution in [0, 0.1) is 0 Å². The number of ether oxygens (including phenoxy) is 2. The van der Waals surface area contributed by atoms with Gasteiger partial charge in [-0.1, -0.05) is 19.9 Å². The fourth-order valence-electron chi connectivity index (χ4n) is 3.48. The first-order valence-corrected chi connectivity index (χ1v) is 8.63. The van der Waals surface area contributed by atoms with Gasteiger partial charge in [-0.25, -0.2) is 0 Å². The zero-order chi connectivity index (χ0) is 17.6. The molecule has 0 radical (unpaired) electrons. The van der Waals surface area contributed by atoms with E-state index in [9.17, 15) is 4.79 Å². The van der Waals surface area contributed by atoms with Gasteiger partial charge in [0.15, 0.2) is 17.3 Å². The maximum absolute atomic E-state index is 12.8. The SMILES string of the molecule is CC(C)c1nnc2n1[C@@H](C)CN(C(=O)Cc1ccc3c(c1)OCO3)C2. The molecule has 0 aliphatic carbocycles. The van der Waals surface area contributed by atoms with Crippen molar-refractivity contribution in [1.82, 2.24) is 19.7 Å². The van der Waals surface area contributed by atoms with Crippen LogP contribution in [0.15, 0.2) is 18.2 Å². The van der Waals surface area contributed by atoms with Crippen molar-refractivity contribution in [1.29, 1.82) is 0 Å². The Hall–Kier alpha value is -2.57. The Kier molecular flexibility index (Phi) is 3.86. The number of rotatable bonds is 3. The first kappa shape index (κ1) is 15.9. The number of nitrogens with zero attached hydrogens (tertiary/aromatic N) is 4. The van der Waals surface area contributed by atoms with Crippen molar-refractivity contribution in [2.75, 3.05) is 13.3 Å². The topological polar surface area (TPSA) is 69.5 Å². The van der Waals surface area contributed by atoms with Gasteiger partial charge in [0.1, 0.15) is 5.82 Å². The maximum atomic E-state index is 12.8. The third-order valence-corrected chi connectivity index (χ3v) is 4.71. The number of hydrogen-bond donors (Lipinski definition) is 0. The summed E-state index contributed by atoms with van der Waals surface area (Å²) in [5, 5.41) is 8.61. The monoisotopic (exact) mass is 342 g/mol. The fraction of sp³-hybridized carbons (Fsp3) is 0.500. The molecule has 2 aliphatic rings. The summed E-state index contributed by atoms with van der Waals surface area (Å²) >= 11 is 0. The minimum atomic E-state index is 0.0889. The Balaban J connectivity index is 1.50. The lowest BCUT2D eigenvalue weighted by Crippen LogP contribution is -2.41. The van der Waals surface area contributed by atoms with E-state index in [1.807, 2.05) is 23.1 Å². The largest absolute Gasteiger partial charge is 0.454 e. The predicted molar refractivity (Wildman–Crippen MR) is 90.5 cm³/mol. The minimum Gasteiger partial charge on any atom is -0.454 e. The van der Waals surface area contributed by atoms with Crippen LogP contribution in [-0.4, -0.2) is 38.9 Å². The molecule has 7 nitrogen and oxygen atoms in total. The number of carbonyl (C=O) groups excluding carboxylic acids is 1. The molecule has 0 N–H and O–H groups in total. The summed E-state index contributed by atoms with van der Waals surface area (Å²) in [4.78, 5) is 14.6. The highest BCUT2D eigenvalue weighted by Gasteiger charge is 2.30. The van der Waals surface area contributed by atoms with Gasteiger partial charge in [0.25, 0.3) is 0 Å². The minimum absolute atomic E-state index is 0.0889. The van der Waals surface area contributed by atoms with Crippen molar-refractivity contribution in [3.05, 3.63) is 35.4 Å². The van der Waals surface area contributed by atoms with Gasteiger partial charge in [-0.2, -0.15) is 0 Å². The van der Waals surface area contributed by atoms with Crippen molar-refractivity contribution < 1.29 is 14.3 Å². The molecule has 0 spiro atoms. The number of aromatic nitrogens is 3. The van der Waals surface area contributed by atoms with Gasteiger partial charge >= 0.3 is 0 Å². The van der Waals surface area contributed by atoms with Crippen molar-refractivity contribution in [2.24, 2.45) is 0 Å². The van der Waals surface area contributed by atoms with Crippen LogP contribution in [0.4, 0.5) is 0 Å². The van der Waals surface area contributed by atoms with E-state index in [2.05, 4.69) is 35.5 Å². The molecule has 132 valence electrons. The Morgan fingerprint density at radius 1 is 1.28 bits per heavy atom. The highest BCUT2D eigenvalue weighted by atomic mass is 16.7. The molecule has 2 aliphatic heterocycles. The molecule has 4 rings (SSSR count). The Morgan fingerprint density at radius 2 is 2.08 bits per heavy atom. The summed E-state index contributed by atoms with van der Waals surface area (Å²) in [5.41, 5.74) is 0.928. The molecule has 1 aromatic carbocycles. The van der Waals surface area contributed by atoms with E-state index in [1.165, 1.54) is 0 Å². The molecule has 7 heteroatoms. The maximum Gasteiger partial charge on any atom is 0.231 e. The van der Waals surface area contributed by atoms with Crippen LogP contribution in [0.5, 0.6) is 11.5 Å². The second kappa shape index (κ2) is 6.06. The van der Waals surface area contributed by atoms with E-state index in [0.717, 1.165) is 23.0 Å². The van der Waals surface area contributed by atoms with Gasteiger partial charge in [0, 0.05) is 12.5 Å². The second-order valence-corrected chi connectivity index (χ2v) is 6.99. The van der Waals surface area contributed by atoms with E-state index in [1.54, 1.807) is 0 Å². The van der Waals surface area contributed by atoms with Crippen molar-refractivity contribution >= 4 is 5.91 Å². The summed E-state index contributed by atoms with van der Waals surface area (Å²) in [6, 6.07) is 5.83. The molecule has 1 atom stereocenters. The molecule has 2 aromatic rings. The number of amides is 1. The smallest absolute Gasteiger partial charge is 0.231 e. The standard InChI is InChI=1S/C18H22N4O3/c1-11(2)18-20-19-16-9-21(8-12(3)22(16)18)17(23)7-13-4-5-14-15(6-13)25-10-24-14/h4-6,11-12H,7-10H2,1-3H3/t12-/m0/s1. The van der Waals surface area contributed by atoms with Crippen LogP contribution in [0.2, 0.25) is 0 Å². The highest BCUT2D eigenvalue weighted by Crippen LogP contribution is 2.33. The average molecular weight is 342 g/mol. The van der Waals surface area contributed by atoms with Crippen LogP contribution in [0.3, 0.4) is 0 Å². The molecule has 0 unspecified atom stereocenters. The van der Waals surface area contributed by atoms with Gasteiger partial charge in [-0.3, -0.25) is 4.79 Å². The van der Waals surface area contributed by atoms with Gasteiger partial charge in [-0.15, -0.1) is 10.2 Å². The molecule has 0 bridgehead atoms. The van der Waals surface area contributed by atoms with E-state index in [0.29, 0.717) is 31.2 Å². The number of hydrogen-bond acceptors (Lipinski definition) is 5. The van der Waals surface area contributed by atoms with Crippen LogP contribution in [0.25, 0.3) is 0 Å². The molecular weight excluding hydrogens is 320 g/mol. The Bertz CT molecular complexity index is 815. The van der Waals surface area contributed by atoms with Gasteiger partial charge in [0.05, 0.1) is 19.0 Å². The summed E-state index contributed by atoms with van der Waals surface area (Å²) in [6.07, 6.45) is 0.342. The molecular formula is C18H22N4O3. The molecule has 25 heavy (non-hydrogen) atoms. The zero-order valence-corrected chi connectivity index (χ0v) is 14.7. The molecule has 1 amide bonds. The normalized spacial score (nSPS) is 18.6. The fourth-order valence-corrected chi connectivity index (χ4v) is 3.48. The Morgan fingerprint density at radius 3 is 2.88 bits per heavy atom. The van der Waals surface area contributed by atoms with Crippen LogP contribution >= 0.6 is 0 Å². The Labute approximate surface area is 146 Å². The van der Waals surface area contributed by atoms with Gasteiger partial charge in [0.2, 0.25) is 12.7 Å². The highest BCUT2D eigenvalue weighted by molar-refractivity contribution is 5.79. The summed E-state index contributed by atoms with van der Waals surface area (Å²) in [7, 11) is 0. The summed E-state index contributed by atoms with van der Waals surface area (Å²) < 4.78 is 12.9. The molecule has 0 fully saturated rings. The molecule has 0 saturated heterocycles. The third kappa shape index (κ3) is 2.83. The van der Waals surface area contributed by atoms with Crippen LogP contribution < -0.4 is 9.47 Å². The zero-order valence-electron chi connectivity index (χ0n) is 14.7. The van der Waals surface area contributed by atoms with E-state index in [-0.39, 0.29) is 18.7 Å². The third-order valence-electron chi connectivity index (χ3n) is 4.71. The van der Waals surface area contributed by atoms with E-state index in [4.69, 9.17) is 9.47 Å². The number of fused-ring (bicyclic) bond motifs is 2. The van der Waals surface area contributed by atoms with E-state index < -0.39 is 0 Å². The van der Waals surface area contributed by atoms with Gasteiger partial charge in [-0.05, 0) is 24.6 Å². The van der Waals surface area contributed by atoms with Crippen molar-refractivity contribution in [3.8, 4) is 11.5 Å². The first-order chi connectivity index (χ1) is 12.0. The summed E-state index contributed by atoms with van der Waals surface area (Å²) in [5.74, 6) is 3.70. The molecule has 0 saturated carbocycles. The lowest BCUT2D eigenvalue weighted by molar-refractivity contribution is -0.132. The van der Waals surface area contributed by atoms with Gasteiger partial charge < -0.3 is 18.9 Å². The quantitative estimate of drug-likeness (QED) is 0.856. The lowest BCUT2D eigenvalue weighted by Gasteiger charge is -2.33. The predicted octanol–water partition coefficient (Wildman–Crippen LogP) is 2.28. The first-order valence-electron chi connectivity index (χ1n) is 8.63. The average Bonchev–Trinajstić information content (AvgIpc) is 3.20. The van der Waals surface area contributed by atoms with Crippen LogP contribution in [0.1, 0.15) is 49.9 Å². The van der Waals surface area contributed by atoms with Crippen molar-refractivity contribution in [3.63, 3.8) is 0 Å². The molecule has 3 heterocycles. The second-order valence-electron chi connectivity index (χ2n) is 6.99. The summed E-state index contributed by atoms with van der Waals surface area (Å²) in [6.45, 7) is 7.76. The van der Waals surface area contributed by atoms with Crippen LogP contribution in [-0.2, 0) is 17.8 Å². The van der Waals surface area contributed by atoms with E-state index >= 15 is 0 Å². The lowest BCUT2D eigenvalue weighted by atomic mass is 10.1. The molecule has 1 aromatic heterocycles. The van der Waals surface area contributed by atoms with Crippen molar-refractivity contribution in [2.45, 2.75) is 45.7 Å².